The molecule has 0 aromatic heterocycles. The van der Waals surface area contributed by atoms with Crippen LogP contribution in [0.4, 0.5) is 0 Å². The summed E-state index contributed by atoms with van der Waals surface area (Å²) in [6, 6.07) is 0.344. The van der Waals surface area contributed by atoms with Crippen molar-refractivity contribution in [1.82, 2.24) is 15.5 Å². The highest BCUT2D eigenvalue weighted by molar-refractivity contribution is 14.0. The van der Waals surface area contributed by atoms with Crippen molar-refractivity contribution in [3.8, 4) is 0 Å². The number of sulfone groups is 1. The number of hydrogen-bond donors (Lipinski definition) is 2. The second-order valence-electron chi connectivity index (χ2n) is 4.79. The fraction of sp³-hybridized carbons (Fsp3) is 0.909. The van der Waals surface area contributed by atoms with Crippen molar-refractivity contribution in [3.63, 3.8) is 0 Å². The summed E-state index contributed by atoms with van der Waals surface area (Å²) in [6.07, 6.45) is 0. The Morgan fingerprint density at radius 1 is 1.32 bits per heavy atom. The molecule has 19 heavy (non-hydrogen) atoms. The van der Waals surface area contributed by atoms with E-state index in [1.54, 1.807) is 7.05 Å². The molecule has 6 nitrogen and oxygen atoms in total. The number of hydrogen-bond acceptors (Lipinski definition) is 4. The molecule has 1 aliphatic heterocycles. The standard InChI is InChI=1S/C11H24N4O2S.HI/c1-10(2)14-11(12-3)13-4-5-15-6-8-18(16,17)9-7-15;/h10H,4-9H2,1-3H3,(H2,12,13,14);1H. The summed E-state index contributed by atoms with van der Waals surface area (Å²) in [6.45, 7) is 7.01. The van der Waals surface area contributed by atoms with E-state index in [0.717, 1.165) is 19.0 Å². The fourth-order valence-electron chi connectivity index (χ4n) is 1.77. The van der Waals surface area contributed by atoms with Gasteiger partial charge < -0.3 is 10.6 Å². The SMILES string of the molecule is CN=C(NCCN1CCS(=O)(=O)CC1)NC(C)C.I. The quantitative estimate of drug-likeness (QED) is 0.389. The molecule has 0 bridgehead atoms. The molecule has 1 heterocycles. The van der Waals surface area contributed by atoms with E-state index in [1.165, 1.54) is 0 Å². The minimum atomic E-state index is -2.78. The summed E-state index contributed by atoms with van der Waals surface area (Å²) in [5, 5.41) is 6.42. The minimum absolute atomic E-state index is 0. The van der Waals surface area contributed by atoms with E-state index in [9.17, 15) is 8.42 Å². The number of rotatable bonds is 4. The minimum Gasteiger partial charge on any atom is -0.355 e. The van der Waals surface area contributed by atoms with Gasteiger partial charge in [-0.2, -0.15) is 0 Å². The molecular weight excluding hydrogens is 379 g/mol. The van der Waals surface area contributed by atoms with Crippen molar-refractivity contribution >= 4 is 39.8 Å². The number of nitrogens with zero attached hydrogens (tertiary/aromatic N) is 2. The van der Waals surface area contributed by atoms with Crippen molar-refractivity contribution in [3.05, 3.63) is 0 Å². The molecule has 1 saturated heterocycles. The van der Waals surface area contributed by atoms with Crippen LogP contribution >= 0.6 is 24.0 Å². The third-order valence-electron chi connectivity index (χ3n) is 2.81. The Labute approximate surface area is 133 Å². The third-order valence-corrected chi connectivity index (χ3v) is 4.42. The first kappa shape index (κ1) is 18.9. The van der Waals surface area contributed by atoms with Gasteiger partial charge in [0.2, 0.25) is 0 Å². The van der Waals surface area contributed by atoms with E-state index in [0.29, 0.717) is 19.1 Å². The molecule has 0 spiro atoms. The highest BCUT2D eigenvalue weighted by Gasteiger charge is 2.20. The molecule has 114 valence electrons. The number of nitrogens with one attached hydrogen (secondary N) is 2. The predicted molar refractivity (Wildman–Crippen MR) is 90.1 cm³/mol. The summed E-state index contributed by atoms with van der Waals surface area (Å²) < 4.78 is 22.5. The molecule has 1 rings (SSSR count). The fourth-order valence-corrected chi connectivity index (χ4v) is 3.05. The van der Waals surface area contributed by atoms with E-state index >= 15 is 0 Å². The van der Waals surface area contributed by atoms with Gasteiger partial charge in [0, 0.05) is 39.3 Å². The lowest BCUT2D eigenvalue weighted by molar-refractivity contribution is 0.299. The molecule has 2 N–H and O–H groups in total. The molecule has 0 aliphatic carbocycles. The van der Waals surface area contributed by atoms with Crippen LogP contribution in [0.15, 0.2) is 4.99 Å². The Kier molecular flexibility index (Phi) is 8.92. The van der Waals surface area contributed by atoms with Crippen molar-refractivity contribution in [2.24, 2.45) is 4.99 Å². The lowest BCUT2D eigenvalue weighted by Crippen LogP contribution is -2.47. The largest absolute Gasteiger partial charge is 0.355 e. The smallest absolute Gasteiger partial charge is 0.191 e. The Hall–Kier alpha value is -0.0900. The van der Waals surface area contributed by atoms with Gasteiger partial charge in [0.1, 0.15) is 0 Å². The van der Waals surface area contributed by atoms with E-state index in [4.69, 9.17) is 0 Å². The van der Waals surface area contributed by atoms with Gasteiger partial charge >= 0.3 is 0 Å². The van der Waals surface area contributed by atoms with Gasteiger partial charge in [-0.25, -0.2) is 8.42 Å². The topological polar surface area (TPSA) is 73.8 Å². The summed E-state index contributed by atoms with van der Waals surface area (Å²) in [4.78, 5) is 6.28. The van der Waals surface area contributed by atoms with Gasteiger partial charge in [0.05, 0.1) is 11.5 Å². The zero-order valence-corrected chi connectivity index (χ0v) is 15.0. The van der Waals surface area contributed by atoms with Crippen LogP contribution in [-0.2, 0) is 9.84 Å². The maximum atomic E-state index is 11.3. The van der Waals surface area contributed by atoms with E-state index in [2.05, 4.69) is 34.4 Å². The molecule has 1 aliphatic rings. The highest BCUT2D eigenvalue weighted by atomic mass is 127. The molecule has 0 amide bonds. The van der Waals surface area contributed by atoms with Crippen molar-refractivity contribution in [2.45, 2.75) is 19.9 Å². The predicted octanol–water partition coefficient (Wildman–Crippen LogP) is -0.0918. The second kappa shape index (κ2) is 8.96. The molecule has 1 fully saturated rings. The van der Waals surface area contributed by atoms with Crippen LogP contribution < -0.4 is 10.6 Å². The molecule has 0 aromatic carbocycles. The molecule has 0 unspecified atom stereocenters. The van der Waals surface area contributed by atoms with Crippen molar-refractivity contribution in [2.75, 3.05) is 44.7 Å². The van der Waals surface area contributed by atoms with Gasteiger partial charge in [-0.1, -0.05) is 0 Å². The van der Waals surface area contributed by atoms with Crippen LogP contribution in [0, 0.1) is 0 Å². The monoisotopic (exact) mass is 404 g/mol. The summed E-state index contributed by atoms with van der Waals surface area (Å²) in [5.41, 5.74) is 0. The molecule has 0 atom stereocenters. The van der Waals surface area contributed by atoms with Crippen LogP contribution in [-0.4, -0.2) is 70.1 Å². The first-order valence-corrected chi connectivity index (χ1v) is 8.15. The Morgan fingerprint density at radius 2 is 1.89 bits per heavy atom. The van der Waals surface area contributed by atoms with Crippen molar-refractivity contribution < 1.29 is 8.42 Å². The normalized spacial score (nSPS) is 19.9. The van der Waals surface area contributed by atoms with Crippen LogP contribution in [0.2, 0.25) is 0 Å². The molecule has 0 radical (unpaired) electrons. The van der Waals surface area contributed by atoms with Gasteiger partial charge in [-0.15, -0.1) is 24.0 Å². The Morgan fingerprint density at radius 3 is 2.37 bits per heavy atom. The number of aliphatic imine (C=N–C) groups is 1. The maximum Gasteiger partial charge on any atom is 0.191 e. The lowest BCUT2D eigenvalue weighted by atomic mass is 10.4. The summed E-state index contributed by atoms with van der Waals surface area (Å²) >= 11 is 0. The zero-order valence-electron chi connectivity index (χ0n) is 11.8. The summed E-state index contributed by atoms with van der Waals surface area (Å²) in [5.74, 6) is 1.35. The summed E-state index contributed by atoms with van der Waals surface area (Å²) in [7, 11) is -1.03. The van der Waals surface area contributed by atoms with Crippen LogP contribution in [0.3, 0.4) is 0 Å². The van der Waals surface area contributed by atoms with E-state index in [-0.39, 0.29) is 35.5 Å². The molecule has 0 saturated carbocycles. The number of guanidine groups is 1. The number of halogens is 1. The molecule has 0 aromatic rings. The van der Waals surface area contributed by atoms with Crippen LogP contribution in [0.5, 0.6) is 0 Å². The average Bonchev–Trinajstić information content (AvgIpc) is 2.29. The van der Waals surface area contributed by atoms with Gasteiger partial charge in [0.15, 0.2) is 15.8 Å². The second-order valence-corrected chi connectivity index (χ2v) is 7.10. The average molecular weight is 404 g/mol. The molecule has 8 heteroatoms. The first-order valence-electron chi connectivity index (χ1n) is 6.33. The van der Waals surface area contributed by atoms with E-state index in [1.807, 2.05) is 0 Å². The Balaban J connectivity index is 0.00000324. The maximum absolute atomic E-state index is 11.3. The van der Waals surface area contributed by atoms with Gasteiger partial charge in [-0.3, -0.25) is 9.89 Å². The third kappa shape index (κ3) is 7.93. The van der Waals surface area contributed by atoms with Gasteiger partial charge in [-0.05, 0) is 13.8 Å². The lowest BCUT2D eigenvalue weighted by Gasteiger charge is -2.26. The van der Waals surface area contributed by atoms with E-state index < -0.39 is 9.84 Å². The first-order chi connectivity index (χ1) is 8.43. The molecular formula is C11H25IN4O2S. The van der Waals surface area contributed by atoms with Crippen LogP contribution in [0.25, 0.3) is 0 Å². The highest BCUT2D eigenvalue weighted by Crippen LogP contribution is 2.02. The van der Waals surface area contributed by atoms with Crippen LogP contribution in [0.1, 0.15) is 13.8 Å². The van der Waals surface area contributed by atoms with Crippen molar-refractivity contribution in [1.29, 1.82) is 0 Å². The Bertz CT molecular complexity index is 370. The zero-order chi connectivity index (χ0) is 13.6. The van der Waals surface area contributed by atoms with Gasteiger partial charge in [0.25, 0.3) is 0 Å².